The quantitative estimate of drug-likeness (QED) is 0.532. The van der Waals surface area contributed by atoms with Crippen LogP contribution in [0, 0.1) is 5.41 Å². The van der Waals surface area contributed by atoms with Gasteiger partial charge in [-0.05, 0) is 32.6 Å². The summed E-state index contributed by atoms with van der Waals surface area (Å²) >= 11 is 0. The smallest absolute Gasteiger partial charge is 0.0920 e. The van der Waals surface area contributed by atoms with Gasteiger partial charge in [0.2, 0.25) is 0 Å². The Morgan fingerprint density at radius 2 is 1.93 bits per heavy atom. The molecule has 0 radical (unpaired) electrons. The van der Waals surface area contributed by atoms with E-state index in [0.29, 0.717) is 11.9 Å². The molecule has 0 aromatic carbocycles. The molecule has 0 spiro atoms. The average Bonchev–Trinajstić information content (AvgIpc) is 2.36. The molecule has 2 rings (SSSR count). The highest BCUT2D eigenvalue weighted by Gasteiger charge is 2.38. The lowest BCUT2D eigenvalue weighted by Gasteiger charge is -2.39. The van der Waals surface area contributed by atoms with E-state index < -0.39 is 0 Å². The Hall–Kier alpha value is -0.570. The van der Waals surface area contributed by atoms with Crippen LogP contribution < -0.4 is 5.73 Å². The maximum absolute atomic E-state index is 7.35. The molecule has 0 amide bonds. The molecule has 80 valence electrons. The number of nitrogens with two attached hydrogens (primary N) is 1. The molecule has 0 aromatic heterocycles. The van der Waals surface area contributed by atoms with E-state index in [-0.39, 0.29) is 0 Å². The van der Waals surface area contributed by atoms with Crippen LogP contribution in [0.2, 0.25) is 0 Å². The summed E-state index contributed by atoms with van der Waals surface area (Å²) < 4.78 is 0. The molecular formula is C11H21N3. The Balaban J connectivity index is 1.99. The van der Waals surface area contributed by atoms with Gasteiger partial charge >= 0.3 is 0 Å². The summed E-state index contributed by atoms with van der Waals surface area (Å²) in [5.74, 6) is 0.336. The van der Waals surface area contributed by atoms with E-state index in [0.717, 1.165) is 18.5 Å². The number of nitrogens with one attached hydrogen (secondary N) is 1. The van der Waals surface area contributed by atoms with Crippen LogP contribution >= 0.6 is 0 Å². The summed E-state index contributed by atoms with van der Waals surface area (Å²) in [6.07, 6.45) is 7.60. The summed E-state index contributed by atoms with van der Waals surface area (Å²) in [4.78, 5) is 2.63. The second kappa shape index (κ2) is 3.89. The summed E-state index contributed by atoms with van der Waals surface area (Å²) in [6, 6.07) is 2.07. The third-order valence-electron chi connectivity index (χ3n) is 3.78. The second-order valence-electron chi connectivity index (χ2n) is 4.84. The first-order valence-electron chi connectivity index (χ1n) is 5.79. The van der Waals surface area contributed by atoms with Gasteiger partial charge in [0.15, 0.2) is 0 Å². The topological polar surface area (TPSA) is 53.1 Å². The monoisotopic (exact) mass is 195 g/mol. The lowest BCUT2D eigenvalue weighted by Crippen LogP contribution is -2.46. The largest absolute Gasteiger partial charge is 0.388 e. The van der Waals surface area contributed by atoms with Gasteiger partial charge in [0, 0.05) is 24.5 Å². The summed E-state index contributed by atoms with van der Waals surface area (Å²) in [5, 5.41) is 7.35. The maximum Gasteiger partial charge on any atom is 0.0920 e. The zero-order valence-corrected chi connectivity index (χ0v) is 9.00. The zero-order valence-electron chi connectivity index (χ0n) is 9.00. The predicted octanol–water partition coefficient (Wildman–Crippen LogP) is 1.72. The van der Waals surface area contributed by atoms with Crippen molar-refractivity contribution >= 4 is 5.84 Å². The number of hydrogen-bond acceptors (Lipinski definition) is 2. The molecule has 3 unspecified atom stereocenters. The highest BCUT2D eigenvalue weighted by atomic mass is 15.2. The minimum Gasteiger partial charge on any atom is -0.388 e. The number of piperidine rings is 1. The van der Waals surface area contributed by atoms with Crippen molar-refractivity contribution in [2.75, 3.05) is 0 Å². The minimum absolute atomic E-state index is 0.336. The maximum atomic E-state index is 7.35. The predicted molar refractivity (Wildman–Crippen MR) is 58.5 cm³/mol. The van der Waals surface area contributed by atoms with Crippen LogP contribution in [0.15, 0.2) is 0 Å². The van der Waals surface area contributed by atoms with Gasteiger partial charge < -0.3 is 5.73 Å². The molecule has 0 aliphatic carbocycles. The molecule has 0 saturated carbocycles. The van der Waals surface area contributed by atoms with Crippen molar-refractivity contribution in [1.29, 1.82) is 5.41 Å². The SMILES string of the molecule is CC(CC(=N)N)N1C2CCCC1CC2. The molecule has 2 bridgehead atoms. The fourth-order valence-electron chi connectivity index (χ4n) is 3.30. The molecule has 2 aliphatic rings. The summed E-state index contributed by atoms with van der Waals surface area (Å²) in [7, 11) is 0. The first kappa shape index (κ1) is 9.97. The molecule has 0 aromatic rings. The third-order valence-corrected chi connectivity index (χ3v) is 3.78. The van der Waals surface area contributed by atoms with Crippen LogP contribution in [0.1, 0.15) is 45.4 Å². The van der Waals surface area contributed by atoms with Crippen molar-refractivity contribution in [2.24, 2.45) is 5.73 Å². The molecular weight excluding hydrogens is 174 g/mol. The molecule has 3 N–H and O–H groups in total. The van der Waals surface area contributed by atoms with Crippen LogP contribution in [0.3, 0.4) is 0 Å². The van der Waals surface area contributed by atoms with Gasteiger partial charge in [0.05, 0.1) is 5.84 Å². The lowest BCUT2D eigenvalue weighted by molar-refractivity contribution is 0.0983. The van der Waals surface area contributed by atoms with E-state index >= 15 is 0 Å². The van der Waals surface area contributed by atoms with Crippen molar-refractivity contribution in [3.63, 3.8) is 0 Å². The fraction of sp³-hybridized carbons (Fsp3) is 0.909. The fourth-order valence-corrected chi connectivity index (χ4v) is 3.30. The Morgan fingerprint density at radius 3 is 2.43 bits per heavy atom. The minimum atomic E-state index is 0.336. The van der Waals surface area contributed by atoms with Crippen molar-refractivity contribution < 1.29 is 0 Å². The number of rotatable bonds is 3. The Kier molecular flexibility index (Phi) is 2.77. The van der Waals surface area contributed by atoms with Crippen LogP contribution in [-0.4, -0.2) is 28.9 Å². The summed E-state index contributed by atoms with van der Waals surface area (Å²) in [6.45, 7) is 2.22. The van der Waals surface area contributed by atoms with Gasteiger partial charge in [-0.15, -0.1) is 0 Å². The third kappa shape index (κ3) is 1.78. The van der Waals surface area contributed by atoms with Crippen LogP contribution in [0.4, 0.5) is 0 Å². The Labute approximate surface area is 86.2 Å². The Bertz CT molecular complexity index is 211. The van der Waals surface area contributed by atoms with Crippen molar-refractivity contribution in [3.05, 3.63) is 0 Å². The molecule has 2 aliphatic heterocycles. The highest BCUT2D eigenvalue weighted by molar-refractivity contribution is 5.77. The van der Waals surface area contributed by atoms with Crippen LogP contribution in [-0.2, 0) is 0 Å². The summed E-state index contributed by atoms with van der Waals surface area (Å²) in [5.41, 5.74) is 5.47. The molecule has 3 heteroatoms. The standard InChI is InChI=1S/C11H21N3/c1-8(7-11(12)13)14-9-3-2-4-10(14)6-5-9/h8-10H,2-7H2,1H3,(H3,12,13). The normalized spacial score (nSPS) is 34.4. The molecule has 2 heterocycles. The molecule has 3 atom stereocenters. The van der Waals surface area contributed by atoms with Crippen molar-refractivity contribution in [1.82, 2.24) is 4.90 Å². The van der Waals surface area contributed by atoms with Gasteiger partial charge in [-0.3, -0.25) is 10.3 Å². The van der Waals surface area contributed by atoms with E-state index in [4.69, 9.17) is 11.1 Å². The van der Waals surface area contributed by atoms with E-state index in [2.05, 4.69) is 11.8 Å². The van der Waals surface area contributed by atoms with Gasteiger partial charge in [0.1, 0.15) is 0 Å². The lowest BCUT2D eigenvalue weighted by atomic mass is 9.99. The van der Waals surface area contributed by atoms with Crippen molar-refractivity contribution in [3.8, 4) is 0 Å². The molecule has 3 nitrogen and oxygen atoms in total. The zero-order chi connectivity index (χ0) is 10.1. The van der Waals surface area contributed by atoms with E-state index in [9.17, 15) is 0 Å². The first-order valence-corrected chi connectivity index (χ1v) is 5.79. The Morgan fingerprint density at radius 1 is 1.36 bits per heavy atom. The average molecular weight is 195 g/mol. The number of fused-ring (bicyclic) bond motifs is 2. The van der Waals surface area contributed by atoms with Crippen LogP contribution in [0.5, 0.6) is 0 Å². The molecule has 2 fully saturated rings. The van der Waals surface area contributed by atoms with Gasteiger partial charge in [-0.1, -0.05) is 6.42 Å². The van der Waals surface area contributed by atoms with Crippen molar-refractivity contribution in [2.45, 2.75) is 63.6 Å². The van der Waals surface area contributed by atoms with E-state index in [1.807, 2.05) is 0 Å². The van der Waals surface area contributed by atoms with E-state index in [1.165, 1.54) is 32.1 Å². The van der Waals surface area contributed by atoms with Gasteiger partial charge in [-0.2, -0.15) is 0 Å². The van der Waals surface area contributed by atoms with Gasteiger partial charge in [0.25, 0.3) is 0 Å². The highest BCUT2D eigenvalue weighted by Crippen LogP contribution is 2.37. The van der Waals surface area contributed by atoms with Crippen LogP contribution in [0.25, 0.3) is 0 Å². The molecule has 2 saturated heterocycles. The first-order chi connectivity index (χ1) is 6.68. The number of amidine groups is 1. The number of nitrogens with zero attached hydrogens (tertiary/aromatic N) is 1. The molecule has 14 heavy (non-hydrogen) atoms. The van der Waals surface area contributed by atoms with E-state index in [1.54, 1.807) is 0 Å². The van der Waals surface area contributed by atoms with Gasteiger partial charge in [-0.25, -0.2) is 0 Å². The second-order valence-corrected chi connectivity index (χ2v) is 4.84. The number of hydrogen-bond donors (Lipinski definition) is 2.